The Morgan fingerprint density at radius 2 is 2.16 bits per heavy atom. The molecule has 1 heterocycles. The molecule has 1 aliphatic heterocycles. The van der Waals surface area contributed by atoms with Crippen LogP contribution in [0.5, 0.6) is 5.75 Å². The Kier molecular flexibility index (Phi) is 3.70. The van der Waals surface area contributed by atoms with Crippen LogP contribution in [-0.2, 0) is 0 Å². The third-order valence-electron chi connectivity index (χ3n) is 4.40. The maximum absolute atomic E-state index is 6.27. The van der Waals surface area contributed by atoms with Crippen molar-refractivity contribution in [2.75, 3.05) is 20.2 Å². The third kappa shape index (κ3) is 2.47. The van der Waals surface area contributed by atoms with Crippen LogP contribution >= 0.6 is 11.6 Å². The fourth-order valence-corrected chi connectivity index (χ4v) is 3.54. The summed E-state index contributed by atoms with van der Waals surface area (Å²) >= 11 is 6.27. The highest BCUT2D eigenvalue weighted by Crippen LogP contribution is 2.44. The minimum absolute atomic E-state index is 0.431. The van der Waals surface area contributed by atoms with Crippen molar-refractivity contribution in [2.45, 2.75) is 31.3 Å². The number of nitrogens with two attached hydrogens (primary N) is 1. The first-order valence-electron chi connectivity index (χ1n) is 7.04. The van der Waals surface area contributed by atoms with Gasteiger partial charge in [0.2, 0.25) is 0 Å². The summed E-state index contributed by atoms with van der Waals surface area (Å²) in [6.07, 6.45) is 3.86. The highest BCUT2D eigenvalue weighted by atomic mass is 35.5. The van der Waals surface area contributed by atoms with Gasteiger partial charge in [-0.2, -0.15) is 0 Å². The van der Waals surface area contributed by atoms with E-state index in [0.29, 0.717) is 17.0 Å². The third-order valence-corrected chi connectivity index (χ3v) is 4.69. The quantitative estimate of drug-likeness (QED) is 0.922. The van der Waals surface area contributed by atoms with Crippen LogP contribution in [0.1, 0.15) is 30.9 Å². The van der Waals surface area contributed by atoms with Crippen molar-refractivity contribution >= 4 is 11.6 Å². The number of nitrogens with zero attached hydrogens (tertiary/aromatic N) is 1. The summed E-state index contributed by atoms with van der Waals surface area (Å²) in [6, 6.07) is 7.35. The molecule has 2 aliphatic rings. The Balaban J connectivity index is 1.90. The molecule has 0 bridgehead atoms. The van der Waals surface area contributed by atoms with Crippen molar-refractivity contribution in [1.82, 2.24) is 4.90 Å². The number of rotatable bonds is 4. The molecule has 3 nitrogen and oxygen atoms in total. The van der Waals surface area contributed by atoms with E-state index >= 15 is 0 Å². The van der Waals surface area contributed by atoms with Crippen LogP contribution < -0.4 is 10.5 Å². The van der Waals surface area contributed by atoms with Gasteiger partial charge in [0, 0.05) is 12.1 Å². The van der Waals surface area contributed by atoms with Crippen molar-refractivity contribution in [2.24, 2.45) is 11.7 Å². The molecular formula is C15H21ClN2O. The van der Waals surface area contributed by atoms with Crippen molar-refractivity contribution in [3.63, 3.8) is 0 Å². The lowest BCUT2D eigenvalue weighted by molar-refractivity contribution is 0.220. The summed E-state index contributed by atoms with van der Waals surface area (Å²) in [6.45, 7) is 1.92. The number of hydrogen-bond acceptors (Lipinski definition) is 3. The molecule has 0 aromatic heterocycles. The zero-order chi connectivity index (χ0) is 13.4. The Hall–Kier alpha value is -0.770. The predicted molar refractivity (Wildman–Crippen MR) is 77.6 cm³/mol. The van der Waals surface area contributed by atoms with E-state index in [4.69, 9.17) is 22.1 Å². The molecule has 1 aliphatic carbocycles. The summed E-state index contributed by atoms with van der Waals surface area (Å²) in [5.74, 6) is 1.29. The average Bonchev–Trinajstić information content (AvgIpc) is 3.18. The summed E-state index contributed by atoms with van der Waals surface area (Å²) in [5, 5.41) is 0.693. The Labute approximate surface area is 119 Å². The summed E-state index contributed by atoms with van der Waals surface area (Å²) < 4.78 is 5.23. The van der Waals surface area contributed by atoms with Crippen LogP contribution in [-0.4, -0.2) is 31.1 Å². The van der Waals surface area contributed by atoms with E-state index < -0.39 is 0 Å². The zero-order valence-electron chi connectivity index (χ0n) is 11.3. The lowest BCUT2D eigenvalue weighted by Gasteiger charge is -2.28. The van der Waals surface area contributed by atoms with Gasteiger partial charge >= 0.3 is 0 Å². The van der Waals surface area contributed by atoms with E-state index in [2.05, 4.69) is 17.0 Å². The second kappa shape index (κ2) is 5.31. The van der Waals surface area contributed by atoms with Gasteiger partial charge in [-0.25, -0.2) is 0 Å². The van der Waals surface area contributed by atoms with E-state index in [9.17, 15) is 0 Å². The SMILES string of the molecule is COc1ccc(C2C(CN)CCN2C2CC2)cc1Cl. The first-order chi connectivity index (χ1) is 9.24. The van der Waals surface area contributed by atoms with Gasteiger partial charge in [-0.3, -0.25) is 4.90 Å². The minimum Gasteiger partial charge on any atom is -0.495 e. The fourth-order valence-electron chi connectivity index (χ4n) is 3.28. The molecule has 2 N–H and O–H groups in total. The smallest absolute Gasteiger partial charge is 0.137 e. The molecule has 0 amide bonds. The largest absolute Gasteiger partial charge is 0.495 e. The number of hydrogen-bond donors (Lipinski definition) is 1. The Morgan fingerprint density at radius 3 is 2.74 bits per heavy atom. The highest BCUT2D eigenvalue weighted by Gasteiger charge is 2.42. The van der Waals surface area contributed by atoms with Crippen LogP contribution in [0, 0.1) is 5.92 Å². The van der Waals surface area contributed by atoms with Crippen molar-refractivity contribution in [1.29, 1.82) is 0 Å². The molecule has 19 heavy (non-hydrogen) atoms. The molecule has 0 radical (unpaired) electrons. The van der Waals surface area contributed by atoms with Gasteiger partial charge in [0.05, 0.1) is 12.1 Å². The number of ether oxygens (including phenoxy) is 1. The maximum atomic E-state index is 6.27. The minimum atomic E-state index is 0.431. The number of benzene rings is 1. The van der Waals surface area contributed by atoms with Gasteiger partial charge in [-0.15, -0.1) is 0 Å². The first-order valence-corrected chi connectivity index (χ1v) is 7.41. The van der Waals surface area contributed by atoms with E-state index in [1.807, 2.05) is 6.07 Å². The topological polar surface area (TPSA) is 38.5 Å². The molecule has 104 valence electrons. The standard InChI is InChI=1S/C15H21ClN2O/c1-19-14-5-2-10(8-13(14)16)15-11(9-17)6-7-18(15)12-3-4-12/h2,5,8,11-12,15H,3-4,6-7,9,17H2,1H3. The lowest BCUT2D eigenvalue weighted by atomic mass is 9.93. The van der Waals surface area contributed by atoms with E-state index in [-0.39, 0.29) is 0 Å². The van der Waals surface area contributed by atoms with Crippen LogP contribution in [0.15, 0.2) is 18.2 Å². The second-order valence-electron chi connectivity index (χ2n) is 5.59. The molecule has 1 saturated heterocycles. The summed E-state index contributed by atoms with van der Waals surface area (Å²) in [4.78, 5) is 2.62. The average molecular weight is 281 g/mol. The number of methoxy groups -OCH3 is 1. The molecule has 2 fully saturated rings. The molecular weight excluding hydrogens is 260 g/mol. The van der Waals surface area contributed by atoms with Gasteiger partial charge < -0.3 is 10.5 Å². The van der Waals surface area contributed by atoms with Crippen molar-refractivity contribution < 1.29 is 4.74 Å². The van der Waals surface area contributed by atoms with Crippen LogP contribution in [0.4, 0.5) is 0 Å². The van der Waals surface area contributed by atoms with Crippen LogP contribution in [0.3, 0.4) is 0 Å². The van der Waals surface area contributed by atoms with Crippen molar-refractivity contribution in [3.05, 3.63) is 28.8 Å². The van der Waals surface area contributed by atoms with E-state index in [1.54, 1.807) is 7.11 Å². The molecule has 1 aromatic rings. The molecule has 4 heteroatoms. The van der Waals surface area contributed by atoms with Crippen LogP contribution in [0.25, 0.3) is 0 Å². The van der Waals surface area contributed by atoms with Crippen LogP contribution in [0.2, 0.25) is 5.02 Å². The molecule has 1 aromatic carbocycles. The molecule has 2 atom stereocenters. The predicted octanol–water partition coefficient (Wildman–Crippen LogP) is 2.83. The van der Waals surface area contributed by atoms with E-state index in [0.717, 1.165) is 18.3 Å². The lowest BCUT2D eigenvalue weighted by Crippen LogP contribution is -2.29. The summed E-state index contributed by atoms with van der Waals surface area (Å²) in [7, 11) is 1.65. The monoisotopic (exact) mass is 280 g/mol. The van der Waals surface area contributed by atoms with Crippen molar-refractivity contribution in [3.8, 4) is 5.75 Å². The molecule has 1 saturated carbocycles. The van der Waals surface area contributed by atoms with Gasteiger partial charge in [0.15, 0.2) is 0 Å². The zero-order valence-corrected chi connectivity index (χ0v) is 12.1. The normalized spacial score (nSPS) is 27.7. The van der Waals surface area contributed by atoms with E-state index in [1.165, 1.54) is 31.4 Å². The number of likely N-dealkylation sites (tertiary alicyclic amines) is 1. The highest BCUT2D eigenvalue weighted by molar-refractivity contribution is 6.32. The Morgan fingerprint density at radius 1 is 1.37 bits per heavy atom. The van der Waals surface area contributed by atoms with Gasteiger partial charge in [-0.1, -0.05) is 17.7 Å². The molecule has 0 spiro atoms. The van der Waals surface area contributed by atoms with Gasteiger partial charge in [-0.05, 0) is 56.0 Å². The number of halogens is 1. The fraction of sp³-hybridized carbons (Fsp3) is 0.600. The maximum Gasteiger partial charge on any atom is 0.137 e. The van der Waals surface area contributed by atoms with Gasteiger partial charge in [0.25, 0.3) is 0 Å². The Bertz CT molecular complexity index is 461. The first kappa shape index (κ1) is 13.2. The van der Waals surface area contributed by atoms with Gasteiger partial charge in [0.1, 0.15) is 5.75 Å². The summed E-state index contributed by atoms with van der Waals surface area (Å²) in [5.41, 5.74) is 7.24. The second-order valence-corrected chi connectivity index (χ2v) is 6.00. The molecule has 2 unspecified atom stereocenters. The molecule has 3 rings (SSSR count).